The van der Waals surface area contributed by atoms with Crippen molar-refractivity contribution in [3.8, 4) is 11.5 Å². The summed E-state index contributed by atoms with van der Waals surface area (Å²) in [5.41, 5.74) is 0.678. The van der Waals surface area contributed by atoms with Crippen molar-refractivity contribution < 1.29 is 13.9 Å². The van der Waals surface area contributed by atoms with Crippen LogP contribution in [0.15, 0.2) is 77.5 Å². The van der Waals surface area contributed by atoms with Gasteiger partial charge in [-0.1, -0.05) is 54.6 Å². The lowest BCUT2D eigenvalue weighted by Crippen LogP contribution is -2.41. The van der Waals surface area contributed by atoms with Gasteiger partial charge in [-0.3, -0.25) is 0 Å². The Morgan fingerprint density at radius 1 is 0.966 bits per heavy atom. The van der Waals surface area contributed by atoms with E-state index in [1.807, 2.05) is 85.5 Å². The summed E-state index contributed by atoms with van der Waals surface area (Å²) in [5.74, 6) is 0.561. The predicted molar refractivity (Wildman–Crippen MR) is 111 cm³/mol. The Kier molecular flexibility index (Phi) is 7.00. The third-order valence-corrected chi connectivity index (χ3v) is 4.71. The largest absolute Gasteiger partial charge is 0.441 e. The zero-order valence-corrected chi connectivity index (χ0v) is 16.9. The molecule has 1 aromatic heterocycles. The highest BCUT2D eigenvalue weighted by Crippen LogP contribution is 2.31. The fourth-order valence-electron chi connectivity index (χ4n) is 3.04. The molecule has 0 bridgehead atoms. The lowest BCUT2D eigenvalue weighted by atomic mass is 9.91. The molecule has 0 spiro atoms. The number of carbonyl (C=O) groups is 1. The topological polar surface area (TPSA) is 68.5 Å². The molecule has 2 fully saturated rings. The number of rotatable bonds is 2. The zero-order valence-electron chi connectivity index (χ0n) is 16.9. The van der Waals surface area contributed by atoms with E-state index < -0.39 is 0 Å². The first kappa shape index (κ1) is 20.6. The second-order valence-electron chi connectivity index (χ2n) is 7.60. The van der Waals surface area contributed by atoms with Gasteiger partial charge in [0, 0.05) is 11.6 Å². The zero-order chi connectivity index (χ0) is 20.5. The average Bonchev–Trinajstić information content (AvgIpc) is 3.32. The molecular weight excluding hydrogens is 366 g/mol. The van der Waals surface area contributed by atoms with E-state index in [9.17, 15) is 4.79 Å². The molecule has 6 nitrogen and oxygen atoms in total. The van der Waals surface area contributed by atoms with E-state index in [4.69, 9.17) is 9.15 Å². The summed E-state index contributed by atoms with van der Waals surface area (Å²) in [5, 5.41) is 7.35. The van der Waals surface area contributed by atoms with E-state index >= 15 is 0 Å². The maximum atomic E-state index is 11.3. The van der Waals surface area contributed by atoms with Gasteiger partial charge < -0.3 is 14.1 Å². The maximum Gasteiger partial charge on any atom is 0.410 e. The molecule has 6 heteroatoms. The van der Waals surface area contributed by atoms with Gasteiger partial charge in [-0.25, -0.2) is 4.79 Å². The van der Waals surface area contributed by atoms with Crippen molar-refractivity contribution >= 4 is 6.09 Å². The second-order valence-corrected chi connectivity index (χ2v) is 7.60. The second kappa shape index (κ2) is 9.87. The van der Waals surface area contributed by atoms with Gasteiger partial charge in [-0.2, -0.15) is 0 Å². The third kappa shape index (κ3) is 6.17. The Hall–Kier alpha value is -3.15. The number of carbonyl (C=O) groups excluding carboxylic acids is 1. The lowest BCUT2D eigenvalue weighted by Gasteiger charge is -2.33. The predicted octanol–water partition coefficient (Wildman–Crippen LogP) is 5.19. The van der Waals surface area contributed by atoms with Gasteiger partial charge in [0.1, 0.15) is 5.60 Å². The standard InChI is InChI=1S/C9H15NO2.C8H6N2O.C6H6/c1-9(2)6-10(8(11)12-9)7-4-3-5-7;1-2-4-7(5-3-1)8-10-9-6-11-8;1-2-4-6-5-3-1/h7H,3-6H2,1-2H3;1-6H;1-6H. The first-order chi connectivity index (χ1) is 14.1. The van der Waals surface area contributed by atoms with Crippen LogP contribution in [0.3, 0.4) is 0 Å². The number of hydrogen-bond acceptors (Lipinski definition) is 5. The van der Waals surface area contributed by atoms with Crippen molar-refractivity contribution in [2.45, 2.75) is 44.8 Å². The van der Waals surface area contributed by atoms with Crippen molar-refractivity contribution in [3.63, 3.8) is 0 Å². The Bertz CT molecular complexity index is 821. The minimum Gasteiger partial charge on any atom is -0.441 e. The molecule has 1 aliphatic carbocycles. The van der Waals surface area contributed by atoms with Crippen LogP contribution < -0.4 is 0 Å². The number of aromatic nitrogens is 2. The smallest absolute Gasteiger partial charge is 0.410 e. The number of nitrogens with zero attached hydrogens (tertiary/aromatic N) is 3. The van der Waals surface area contributed by atoms with Gasteiger partial charge in [-0.05, 0) is 45.2 Å². The van der Waals surface area contributed by atoms with Gasteiger partial charge in [0.05, 0.1) is 6.54 Å². The molecule has 152 valence electrons. The van der Waals surface area contributed by atoms with Crippen LogP contribution in [0.2, 0.25) is 0 Å². The first-order valence-electron chi connectivity index (χ1n) is 9.86. The molecule has 2 aromatic carbocycles. The Balaban J connectivity index is 0.000000131. The summed E-state index contributed by atoms with van der Waals surface area (Å²) in [7, 11) is 0. The van der Waals surface area contributed by atoms with Crippen molar-refractivity contribution in [1.29, 1.82) is 0 Å². The summed E-state index contributed by atoms with van der Waals surface area (Å²) < 4.78 is 10.2. The van der Waals surface area contributed by atoms with Crippen LogP contribution in [0, 0.1) is 0 Å². The SMILES string of the molecule is CC1(C)CN(C2CCC2)C(=O)O1.c1ccc(-c2nnco2)cc1.c1ccccc1. The molecule has 2 aliphatic rings. The molecule has 0 atom stereocenters. The molecule has 0 N–H and O–H groups in total. The summed E-state index contributed by atoms with van der Waals surface area (Å²) in [6.07, 6.45) is 4.78. The lowest BCUT2D eigenvalue weighted by molar-refractivity contribution is 0.0843. The number of hydrogen-bond donors (Lipinski definition) is 0. The number of cyclic esters (lactones) is 1. The van der Waals surface area contributed by atoms with E-state index in [1.54, 1.807) is 0 Å². The highest BCUT2D eigenvalue weighted by molar-refractivity contribution is 5.71. The fraction of sp³-hybridized carbons (Fsp3) is 0.348. The summed E-state index contributed by atoms with van der Waals surface area (Å²) in [6.45, 7) is 4.68. The normalized spacial score (nSPS) is 17.2. The quantitative estimate of drug-likeness (QED) is 0.599. The van der Waals surface area contributed by atoms with Crippen LogP contribution in [0.25, 0.3) is 11.5 Å². The molecule has 1 saturated carbocycles. The molecule has 29 heavy (non-hydrogen) atoms. The van der Waals surface area contributed by atoms with E-state index in [1.165, 1.54) is 12.8 Å². The Morgan fingerprint density at radius 3 is 1.97 bits per heavy atom. The van der Waals surface area contributed by atoms with E-state index in [0.29, 0.717) is 11.9 Å². The fourth-order valence-corrected chi connectivity index (χ4v) is 3.04. The molecule has 1 amide bonds. The maximum absolute atomic E-state index is 11.3. The van der Waals surface area contributed by atoms with Crippen LogP contribution in [0.5, 0.6) is 0 Å². The number of amides is 1. The highest BCUT2D eigenvalue weighted by atomic mass is 16.6. The summed E-state index contributed by atoms with van der Waals surface area (Å²) in [4.78, 5) is 13.2. The molecule has 1 saturated heterocycles. The van der Waals surface area contributed by atoms with Gasteiger partial charge in [-0.15, -0.1) is 10.2 Å². The number of benzene rings is 2. The molecule has 2 heterocycles. The van der Waals surface area contributed by atoms with Gasteiger partial charge in [0.2, 0.25) is 12.3 Å². The number of ether oxygens (including phenoxy) is 1. The molecule has 0 unspecified atom stereocenters. The summed E-state index contributed by atoms with van der Waals surface area (Å²) >= 11 is 0. The molecule has 5 rings (SSSR count). The van der Waals surface area contributed by atoms with Crippen molar-refractivity contribution in [3.05, 3.63) is 73.1 Å². The van der Waals surface area contributed by atoms with Crippen LogP contribution in [-0.4, -0.2) is 39.4 Å². The van der Waals surface area contributed by atoms with Crippen LogP contribution in [-0.2, 0) is 4.74 Å². The van der Waals surface area contributed by atoms with Crippen LogP contribution in [0.1, 0.15) is 33.1 Å². The van der Waals surface area contributed by atoms with Crippen molar-refractivity contribution in [2.75, 3.05) is 6.54 Å². The van der Waals surface area contributed by atoms with E-state index in [2.05, 4.69) is 10.2 Å². The van der Waals surface area contributed by atoms with Gasteiger partial charge in [0.25, 0.3) is 0 Å². The monoisotopic (exact) mass is 393 g/mol. The van der Waals surface area contributed by atoms with E-state index in [0.717, 1.165) is 24.9 Å². The summed E-state index contributed by atoms with van der Waals surface area (Å²) in [6, 6.07) is 22.1. The van der Waals surface area contributed by atoms with E-state index in [-0.39, 0.29) is 11.7 Å². The van der Waals surface area contributed by atoms with Crippen LogP contribution in [0.4, 0.5) is 4.79 Å². The molecular formula is C23H27N3O3. The third-order valence-electron chi connectivity index (χ3n) is 4.71. The average molecular weight is 393 g/mol. The first-order valence-corrected chi connectivity index (χ1v) is 9.86. The van der Waals surface area contributed by atoms with Crippen LogP contribution >= 0.6 is 0 Å². The molecule has 1 aliphatic heterocycles. The minimum absolute atomic E-state index is 0.121. The highest BCUT2D eigenvalue weighted by Gasteiger charge is 2.42. The molecule has 3 aromatic rings. The Labute approximate surface area is 171 Å². The Morgan fingerprint density at radius 2 is 1.55 bits per heavy atom. The van der Waals surface area contributed by atoms with Crippen molar-refractivity contribution in [2.24, 2.45) is 0 Å². The van der Waals surface area contributed by atoms with Gasteiger partial charge in [0.15, 0.2) is 0 Å². The van der Waals surface area contributed by atoms with Crippen molar-refractivity contribution in [1.82, 2.24) is 15.1 Å². The minimum atomic E-state index is -0.271. The van der Waals surface area contributed by atoms with Gasteiger partial charge >= 0.3 is 6.09 Å². The molecule has 0 radical (unpaired) electrons.